The van der Waals surface area contributed by atoms with E-state index in [1.54, 1.807) is 0 Å². The Hall–Kier alpha value is -10.3. The fourth-order valence-electron chi connectivity index (χ4n) is 15.2. The van der Waals surface area contributed by atoms with E-state index in [0.717, 1.165) is 106 Å². The van der Waals surface area contributed by atoms with Gasteiger partial charge in [-0.1, -0.05) is 241 Å². The van der Waals surface area contributed by atoms with Crippen LogP contribution in [0.5, 0.6) is 0 Å². The number of para-hydroxylation sites is 1. The van der Waals surface area contributed by atoms with Crippen molar-refractivity contribution in [3.8, 4) is 43.1 Å². The summed E-state index contributed by atoms with van der Waals surface area (Å²) in [6, 6.07) is 95.6. The van der Waals surface area contributed by atoms with Gasteiger partial charge in [-0.3, -0.25) is 0 Å². The first-order chi connectivity index (χ1) is 46.6. The molecule has 0 fully saturated rings. The van der Waals surface area contributed by atoms with Crippen molar-refractivity contribution in [2.24, 2.45) is 0 Å². The third kappa shape index (κ3) is 10.0. The van der Waals surface area contributed by atoms with Gasteiger partial charge in [0.1, 0.15) is 22.3 Å². The quantitative estimate of drug-likeness (QED) is 0.142. The zero-order valence-corrected chi connectivity index (χ0v) is 58.2. The maximum atomic E-state index is 7.44. The largest absolute Gasteiger partial charge is 0.456 e. The van der Waals surface area contributed by atoms with Crippen LogP contribution < -0.4 is 25.5 Å². The van der Waals surface area contributed by atoms with Gasteiger partial charge in [0.15, 0.2) is 0 Å². The van der Waals surface area contributed by atoms with Crippen molar-refractivity contribution >= 4 is 129 Å². The molecule has 15 aromatic rings. The molecule has 97 heavy (non-hydrogen) atoms. The average Bonchev–Trinajstić information content (AvgIpc) is 1.67. The first-order valence-corrected chi connectivity index (χ1v) is 35.1. The Bertz CT molecular complexity index is 5540. The Balaban J connectivity index is 0.987. The second kappa shape index (κ2) is 22.1. The van der Waals surface area contributed by atoms with Crippen LogP contribution in [0.4, 0.5) is 45.5 Å². The topological polar surface area (TPSA) is 36.0 Å². The molecule has 0 unspecified atom stereocenters. The van der Waals surface area contributed by atoms with E-state index in [1.165, 1.54) is 70.4 Å². The minimum atomic E-state index is -0.361. The highest BCUT2D eigenvalue weighted by Crippen LogP contribution is 2.56. The minimum Gasteiger partial charge on any atom is -0.456 e. The van der Waals surface area contributed by atoms with Crippen molar-refractivity contribution in [2.75, 3.05) is 14.6 Å². The van der Waals surface area contributed by atoms with Crippen LogP contribution >= 0.6 is 11.3 Å². The summed E-state index contributed by atoms with van der Waals surface area (Å²) in [5.74, 6) is 0. The fourth-order valence-corrected chi connectivity index (χ4v) is 16.5. The van der Waals surface area contributed by atoms with Gasteiger partial charge in [0.2, 0.25) is 0 Å². The first-order valence-electron chi connectivity index (χ1n) is 34.2. The van der Waals surface area contributed by atoms with E-state index in [0.29, 0.717) is 0 Å². The second-order valence-corrected chi connectivity index (χ2v) is 32.0. The van der Waals surface area contributed by atoms with E-state index in [2.05, 4.69) is 352 Å². The van der Waals surface area contributed by atoms with Gasteiger partial charge >= 0.3 is 6.85 Å². The van der Waals surface area contributed by atoms with E-state index in [1.807, 2.05) is 11.3 Å². The average molecular weight is 1280 g/mol. The normalized spacial score (nSPS) is 13.3. The van der Waals surface area contributed by atoms with Gasteiger partial charge in [-0.15, -0.1) is 11.3 Å². The van der Waals surface area contributed by atoms with Crippen molar-refractivity contribution < 1.29 is 8.83 Å². The molecule has 3 aromatic heterocycles. The lowest BCUT2D eigenvalue weighted by Crippen LogP contribution is -2.61. The van der Waals surface area contributed by atoms with Gasteiger partial charge in [-0.25, -0.2) is 0 Å². The van der Waals surface area contributed by atoms with E-state index in [-0.39, 0.29) is 28.5 Å². The lowest BCUT2D eigenvalue weighted by atomic mass is 9.43. The van der Waals surface area contributed by atoms with E-state index in [4.69, 9.17) is 8.83 Å². The van der Waals surface area contributed by atoms with Crippen LogP contribution in [0.1, 0.15) is 105 Å². The van der Waals surface area contributed by atoms with Gasteiger partial charge in [-0.05, 0) is 156 Å². The Morgan fingerprint density at radius 3 is 1.42 bits per heavy atom. The van der Waals surface area contributed by atoms with Gasteiger partial charge < -0.3 is 23.4 Å². The maximum absolute atomic E-state index is 7.44. The van der Waals surface area contributed by atoms with E-state index in [9.17, 15) is 0 Å². The number of furan rings is 2. The number of hydrogen-bond donors (Lipinski definition) is 0. The molecule has 5 nitrogen and oxygen atoms in total. The third-order valence-electron chi connectivity index (χ3n) is 20.5. The molecular formula is C90H78BN3O2S. The monoisotopic (exact) mass is 1280 g/mol. The molecule has 2 aliphatic heterocycles. The molecule has 12 aromatic carbocycles. The van der Waals surface area contributed by atoms with Crippen LogP contribution in [0.25, 0.3) is 97.8 Å². The Morgan fingerprint density at radius 1 is 0.340 bits per heavy atom. The smallest absolute Gasteiger partial charge is 0.333 e. The molecule has 0 saturated carbocycles. The molecule has 0 spiro atoms. The molecule has 17 rings (SSSR count). The SMILES string of the molecule is CC(C)(C)c1ccc(N2B3c4cc5c(-c6ccccc6)sc(-c6ccccc6)c5cc4N(c4ccc(C(C)(C)C)cc4-c4ccccc4)c4cc5c(oc6ccccc65)c(c43)-c3cc4c(cc32)oc2cc(N(c3ccc(C(C)(C)C)cc3)c3ccc(C(C)(C)C)cc3)ccc24)cc1. The zero-order chi connectivity index (χ0) is 66.6. The zero-order valence-electron chi connectivity index (χ0n) is 57.4. The third-order valence-corrected chi connectivity index (χ3v) is 21.8. The lowest BCUT2D eigenvalue weighted by molar-refractivity contribution is 0.590. The number of nitrogens with zero attached hydrogens (tertiary/aromatic N) is 3. The van der Waals surface area contributed by atoms with E-state index >= 15 is 0 Å². The minimum absolute atomic E-state index is 0.00754. The molecule has 0 atom stereocenters. The van der Waals surface area contributed by atoms with Crippen LogP contribution in [-0.2, 0) is 21.7 Å². The van der Waals surface area contributed by atoms with Crippen molar-refractivity contribution in [3.05, 3.63) is 277 Å². The number of benzene rings is 12. The summed E-state index contributed by atoms with van der Waals surface area (Å²) in [6.07, 6.45) is 0. The van der Waals surface area contributed by atoms with Crippen molar-refractivity contribution in [1.29, 1.82) is 0 Å². The molecule has 474 valence electrons. The van der Waals surface area contributed by atoms with Crippen molar-refractivity contribution in [2.45, 2.75) is 105 Å². The predicted octanol–water partition coefficient (Wildman–Crippen LogP) is 25.1. The molecule has 2 aliphatic rings. The van der Waals surface area contributed by atoms with Gasteiger partial charge in [0.05, 0.1) is 5.69 Å². The van der Waals surface area contributed by atoms with Crippen LogP contribution in [0.15, 0.2) is 264 Å². The number of fused-ring (bicyclic) bond motifs is 12. The Morgan fingerprint density at radius 2 is 0.835 bits per heavy atom. The second-order valence-electron chi connectivity index (χ2n) is 30.9. The van der Waals surface area contributed by atoms with Crippen molar-refractivity contribution in [1.82, 2.24) is 0 Å². The standard InChI is InChI=1S/C90H78BN3O2S/c1-87(2,3)58-32-39-62(40-33-58)92(63-41-34-59(35-42-63)88(4,5)6)65-45-46-67-69-50-73-76(54-81(69)95-80(67)49-65)94(64-43-36-60(37-44-64)89(7,8)9)91-74-51-71-72(86(57-28-20-15-21-29-57)97-85(71)56-26-18-14-19-27-56)53-77(74)93(75-47-38-61(90(10,11)12)48-68(75)55-24-16-13-17-25-55)78-52-70-66-30-22-23-31-79(66)96-84(70)82(73)83(78)91/h13-54H,1-12H3. The number of rotatable bonds is 8. The highest BCUT2D eigenvalue weighted by atomic mass is 32.1. The van der Waals surface area contributed by atoms with Crippen LogP contribution in [0.3, 0.4) is 0 Å². The van der Waals surface area contributed by atoms with Gasteiger partial charge in [0, 0.05) is 111 Å². The summed E-state index contributed by atoms with van der Waals surface area (Å²) >= 11 is 1.89. The predicted molar refractivity (Wildman–Crippen MR) is 416 cm³/mol. The van der Waals surface area contributed by atoms with Crippen LogP contribution in [-0.4, -0.2) is 6.85 Å². The Kier molecular flexibility index (Phi) is 13.8. The number of hydrogen-bond acceptors (Lipinski definition) is 6. The van der Waals surface area contributed by atoms with Crippen LogP contribution in [0, 0.1) is 0 Å². The molecule has 0 radical (unpaired) electrons. The highest BCUT2D eigenvalue weighted by molar-refractivity contribution is 7.21. The summed E-state index contributed by atoms with van der Waals surface area (Å²) in [5.41, 5.74) is 26.2. The fraction of sp³-hybridized carbons (Fsp3) is 0.178. The summed E-state index contributed by atoms with van der Waals surface area (Å²) in [7, 11) is 0. The molecule has 7 heteroatoms. The molecule has 0 saturated heterocycles. The number of anilines is 8. The molecule has 5 heterocycles. The summed E-state index contributed by atoms with van der Waals surface area (Å²) in [4.78, 5) is 10.1. The van der Waals surface area contributed by atoms with Crippen molar-refractivity contribution in [3.63, 3.8) is 0 Å². The summed E-state index contributed by atoms with van der Waals surface area (Å²) in [6.45, 7) is 27.2. The maximum Gasteiger partial charge on any atom is 0.333 e. The van der Waals surface area contributed by atoms with Crippen LogP contribution in [0.2, 0.25) is 0 Å². The Labute approximate surface area is 574 Å². The number of thiophene rings is 1. The first kappa shape index (κ1) is 60.3. The molecule has 0 bridgehead atoms. The summed E-state index contributed by atoms with van der Waals surface area (Å²) in [5, 5.41) is 6.66. The summed E-state index contributed by atoms with van der Waals surface area (Å²) < 4.78 is 14.8. The van der Waals surface area contributed by atoms with Gasteiger partial charge in [-0.2, -0.15) is 0 Å². The highest BCUT2D eigenvalue weighted by Gasteiger charge is 2.48. The van der Waals surface area contributed by atoms with E-state index < -0.39 is 0 Å². The molecule has 0 N–H and O–H groups in total. The lowest BCUT2D eigenvalue weighted by Gasteiger charge is -2.46. The molecule has 0 aliphatic carbocycles. The molecular weight excluding hydrogens is 1200 g/mol. The molecule has 0 amide bonds. The van der Waals surface area contributed by atoms with Gasteiger partial charge in [0.25, 0.3) is 0 Å².